The van der Waals surface area contributed by atoms with Crippen LogP contribution in [0.4, 0.5) is 0 Å². The van der Waals surface area contributed by atoms with Crippen LogP contribution in [0.25, 0.3) is 5.76 Å². The smallest absolute Gasteiger partial charge is 0.295 e. The number of aliphatic hydroxyl groups is 1. The summed E-state index contributed by atoms with van der Waals surface area (Å²) >= 11 is 3.42. The lowest BCUT2D eigenvalue weighted by molar-refractivity contribution is -0.139. The second kappa shape index (κ2) is 9.49. The van der Waals surface area contributed by atoms with Gasteiger partial charge >= 0.3 is 0 Å². The van der Waals surface area contributed by atoms with Crippen molar-refractivity contribution in [3.8, 4) is 5.75 Å². The van der Waals surface area contributed by atoms with Gasteiger partial charge in [-0.05, 0) is 57.1 Å². The van der Waals surface area contributed by atoms with E-state index in [0.717, 1.165) is 24.0 Å². The summed E-state index contributed by atoms with van der Waals surface area (Å²) in [5, 5.41) is 11.2. The maximum Gasteiger partial charge on any atom is 0.295 e. The number of halogens is 1. The molecule has 32 heavy (non-hydrogen) atoms. The van der Waals surface area contributed by atoms with Gasteiger partial charge in [0.2, 0.25) is 0 Å². The highest BCUT2D eigenvalue weighted by Gasteiger charge is 2.45. The normalized spacial score (nSPS) is 18.3. The molecule has 0 aromatic heterocycles. The quantitative estimate of drug-likeness (QED) is 0.301. The number of rotatable bonds is 6. The van der Waals surface area contributed by atoms with Crippen LogP contribution in [0.2, 0.25) is 0 Å². The van der Waals surface area contributed by atoms with Crippen molar-refractivity contribution in [2.24, 2.45) is 0 Å². The minimum Gasteiger partial charge on any atom is -0.507 e. The molecule has 1 amide bonds. The van der Waals surface area contributed by atoms with E-state index in [4.69, 9.17) is 4.74 Å². The van der Waals surface area contributed by atoms with Crippen molar-refractivity contribution >= 4 is 33.4 Å². The number of Topliss-reactive ketones (excluding diaryl/α,β-unsaturated/α-hetero) is 1. The molecule has 5 nitrogen and oxygen atoms in total. The largest absolute Gasteiger partial charge is 0.507 e. The third-order valence-electron chi connectivity index (χ3n) is 5.81. The number of ether oxygens (including phenoxy) is 1. The number of hydrogen-bond donors (Lipinski definition) is 1. The average molecular weight is 500 g/mol. The summed E-state index contributed by atoms with van der Waals surface area (Å²) < 4.78 is 5.91. The van der Waals surface area contributed by atoms with Gasteiger partial charge in [0, 0.05) is 12.1 Å². The molecule has 2 aromatic rings. The molecule has 1 aliphatic rings. The van der Waals surface area contributed by atoms with Crippen LogP contribution in [0.5, 0.6) is 5.75 Å². The number of amides is 1. The summed E-state index contributed by atoms with van der Waals surface area (Å²) in [6.07, 6.45) is 1.67. The van der Waals surface area contributed by atoms with E-state index in [1.54, 1.807) is 30.2 Å². The Morgan fingerprint density at radius 1 is 1.12 bits per heavy atom. The molecule has 1 unspecified atom stereocenters. The lowest BCUT2D eigenvalue weighted by Crippen LogP contribution is -2.30. The molecule has 3 rings (SSSR count). The predicted octanol–water partition coefficient (Wildman–Crippen LogP) is 5.98. The Hall–Kier alpha value is -2.60. The maximum atomic E-state index is 13.1. The van der Waals surface area contributed by atoms with E-state index < -0.39 is 17.7 Å². The zero-order valence-corrected chi connectivity index (χ0v) is 20.8. The third kappa shape index (κ3) is 4.60. The number of aliphatic hydroxyl groups excluding tert-OH is 1. The first-order chi connectivity index (χ1) is 15.1. The Labute approximate surface area is 198 Å². The van der Waals surface area contributed by atoms with Gasteiger partial charge in [0.05, 0.1) is 23.2 Å². The van der Waals surface area contributed by atoms with E-state index in [2.05, 4.69) is 36.7 Å². The lowest BCUT2D eigenvalue weighted by atomic mass is 9.85. The van der Waals surface area contributed by atoms with Crippen LogP contribution in [0.1, 0.15) is 63.3 Å². The number of hydrogen-bond acceptors (Lipinski definition) is 4. The molecule has 0 radical (unpaired) electrons. The van der Waals surface area contributed by atoms with Gasteiger partial charge in [0.25, 0.3) is 11.7 Å². The lowest BCUT2D eigenvalue weighted by Gasteiger charge is -2.26. The van der Waals surface area contributed by atoms with E-state index in [1.807, 2.05) is 31.2 Å². The summed E-state index contributed by atoms with van der Waals surface area (Å²) in [6, 6.07) is 12.4. The van der Waals surface area contributed by atoms with Gasteiger partial charge in [0.15, 0.2) is 0 Å². The molecule has 0 aliphatic carbocycles. The monoisotopic (exact) mass is 499 g/mol. The first kappa shape index (κ1) is 24.1. The van der Waals surface area contributed by atoms with Crippen molar-refractivity contribution in [3.05, 3.63) is 69.2 Å². The predicted molar refractivity (Wildman–Crippen MR) is 130 cm³/mol. The fraction of sp³-hybridized carbons (Fsp3) is 0.385. The Morgan fingerprint density at radius 3 is 2.31 bits per heavy atom. The molecule has 1 fully saturated rings. The van der Waals surface area contributed by atoms with E-state index in [1.165, 1.54) is 0 Å². The standard InChI is InChI=1S/C26H30BrNO4/c1-6-7-14-28-22(16-8-11-18(12-9-16)26(2,3)4)21(24(30)25(28)31)23(29)17-10-13-20(32-5)19(27)15-17/h8-13,15,22,29H,6-7,14H2,1-5H3/b23-21-. The van der Waals surface area contributed by atoms with Crippen LogP contribution in [-0.2, 0) is 15.0 Å². The molecule has 1 heterocycles. The second-order valence-electron chi connectivity index (χ2n) is 9.07. The van der Waals surface area contributed by atoms with Crippen molar-refractivity contribution < 1.29 is 19.4 Å². The third-order valence-corrected chi connectivity index (χ3v) is 6.43. The molecular weight excluding hydrogens is 470 g/mol. The Balaban J connectivity index is 2.15. The molecule has 0 spiro atoms. The number of methoxy groups -OCH3 is 1. The van der Waals surface area contributed by atoms with Gasteiger partial charge in [0.1, 0.15) is 11.5 Å². The maximum absolute atomic E-state index is 13.1. The topological polar surface area (TPSA) is 66.8 Å². The molecule has 170 valence electrons. The summed E-state index contributed by atoms with van der Waals surface area (Å²) in [6.45, 7) is 8.90. The van der Waals surface area contributed by atoms with Gasteiger partial charge in [-0.15, -0.1) is 0 Å². The van der Waals surface area contributed by atoms with Gasteiger partial charge in [-0.3, -0.25) is 9.59 Å². The highest BCUT2D eigenvalue weighted by molar-refractivity contribution is 9.10. The molecule has 1 atom stereocenters. The molecule has 2 aromatic carbocycles. The number of carbonyl (C=O) groups is 2. The van der Waals surface area contributed by atoms with Crippen LogP contribution < -0.4 is 4.74 Å². The zero-order valence-electron chi connectivity index (χ0n) is 19.2. The second-order valence-corrected chi connectivity index (χ2v) is 9.92. The number of ketones is 1. The van der Waals surface area contributed by atoms with E-state index in [0.29, 0.717) is 22.3 Å². The summed E-state index contributed by atoms with van der Waals surface area (Å²) in [5.74, 6) is -0.803. The molecule has 1 N–H and O–H groups in total. The molecule has 0 bridgehead atoms. The molecular formula is C26H30BrNO4. The molecule has 1 saturated heterocycles. The van der Waals surface area contributed by atoms with Crippen LogP contribution in [-0.4, -0.2) is 35.4 Å². The van der Waals surface area contributed by atoms with E-state index >= 15 is 0 Å². The van der Waals surface area contributed by atoms with Gasteiger partial charge in [-0.25, -0.2) is 0 Å². The fourth-order valence-corrected chi connectivity index (χ4v) is 4.46. The van der Waals surface area contributed by atoms with Gasteiger partial charge < -0.3 is 14.7 Å². The summed E-state index contributed by atoms with van der Waals surface area (Å²) in [5.41, 5.74) is 2.51. The van der Waals surface area contributed by atoms with Crippen molar-refractivity contribution in [1.82, 2.24) is 4.90 Å². The van der Waals surface area contributed by atoms with Gasteiger partial charge in [-0.1, -0.05) is 58.4 Å². The van der Waals surface area contributed by atoms with Crippen molar-refractivity contribution in [1.29, 1.82) is 0 Å². The minimum atomic E-state index is -0.657. The summed E-state index contributed by atoms with van der Waals surface area (Å²) in [7, 11) is 1.56. The first-order valence-electron chi connectivity index (χ1n) is 10.8. The minimum absolute atomic E-state index is 0.0160. The number of carbonyl (C=O) groups excluding carboxylic acids is 2. The van der Waals surface area contributed by atoms with Gasteiger partial charge in [-0.2, -0.15) is 0 Å². The Kier molecular flexibility index (Phi) is 7.13. The average Bonchev–Trinajstić information content (AvgIpc) is 3.01. The molecule has 6 heteroatoms. The highest BCUT2D eigenvalue weighted by atomic mass is 79.9. The van der Waals surface area contributed by atoms with E-state index in [-0.39, 0.29) is 16.7 Å². The zero-order chi connectivity index (χ0) is 23.6. The van der Waals surface area contributed by atoms with Crippen LogP contribution in [0.15, 0.2) is 52.5 Å². The number of unbranched alkanes of at least 4 members (excludes halogenated alkanes) is 1. The van der Waals surface area contributed by atoms with E-state index in [9.17, 15) is 14.7 Å². The van der Waals surface area contributed by atoms with Crippen molar-refractivity contribution in [2.45, 2.75) is 52.0 Å². The Bertz CT molecular complexity index is 1050. The van der Waals surface area contributed by atoms with Crippen LogP contribution in [0, 0.1) is 0 Å². The number of nitrogens with zero attached hydrogens (tertiary/aromatic N) is 1. The van der Waals surface area contributed by atoms with Crippen LogP contribution >= 0.6 is 15.9 Å². The number of benzene rings is 2. The Morgan fingerprint density at radius 2 is 1.78 bits per heavy atom. The molecule has 0 saturated carbocycles. The number of likely N-dealkylation sites (tertiary alicyclic amines) is 1. The summed E-state index contributed by atoms with van der Waals surface area (Å²) in [4.78, 5) is 27.6. The highest BCUT2D eigenvalue weighted by Crippen LogP contribution is 2.41. The fourth-order valence-electron chi connectivity index (χ4n) is 3.92. The van der Waals surface area contributed by atoms with Crippen molar-refractivity contribution in [3.63, 3.8) is 0 Å². The van der Waals surface area contributed by atoms with Crippen LogP contribution in [0.3, 0.4) is 0 Å². The molecule has 1 aliphatic heterocycles. The van der Waals surface area contributed by atoms with Crippen molar-refractivity contribution in [2.75, 3.05) is 13.7 Å². The SMILES string of the molecule is CCCCN1C(=O)C(=O)/C(=C(\O)c2ccc(OC)c(Br)c2)C1c1ccc(C(C)(C)C)cc1. The first-order valence-corrected chi connectivity index (χ1v) is 11.6.